The summed E-state index contributed by atoms with van der Waals surface area (Å²) < 4.78 is 0. The fourth-order valence-corrected chi connectivity index (χ4v) is 4.32. The van der Waals surface area contributed by atoms with Crippen LogP contribution in [-0.2, 0) is 17.6 Å². The molecule has 0 aromatic heterocycles. The number of aryl methyl sites for hydroxylation is 2. The number of hydrogen-bond acceptors (Lipinski definition) is 2. The Morgan fingerprint density at radius 1 is 1.12 bits per heavy atom. The van der Waals surface area contributed by atoms with Crippen molar-refractivity contribution >= 4 is 22.5 Å². The van der Waals surface area contributed by atoms with E-state index in [1.54, 1.807) is 0 Å². The molecule has 0 unspecified atom stereocenters. The largest absolute Gasteiger partial charge is 0.342 e. The smallest absolute Gasteiger partial charge is 0.222 e. The van der Waals surface area contributed by atoms with Gasteiger partial charge in [0.2, 0.25) is 5.91 Å². The first kappa shape index (κ1) is 15.4. The predicted octanol–water partition coefficient (Wildman–Crippen LogP) is 3.77. The molecule has 0 N–H and O–H groups in total. The van der Waals surface area contributed by atoms with Gasteiger partial charge in [0.1, 0.15) is 0 Å². The summed E-state index contributed by atoms with van der Waals surface area (Å²) in [6, 6.07) is 10.5. The molecule has 4 rings (SSSR count). The number of Topliss-reactive ketones (excluding diaryl/α,β-unsaturated/α-hetero) is 1. The molecule has 1 heterocycles. The van der Waals surface area contributed by atoms with Crippen LogP contribution < -0.4 is 0 Å². The monoisotopic (exact) mass is 321 g/mol. The normalized spacial score (nSPS) is 19.7. The van der Waals surface area contributed by atoms with E-state index in [0.29, 0.717) is 13.0 Å². The minimum absolute atomic E-state index is 0.0623. The van der Waals surface area contributed by atoms with Crippen LogP contribution in [0.5, 0.6) is 0 Å². The lowest BCUT2D eigenvalue weighted by Gasteiger charge is -2.32. The maximum atomic E-state index is 13.2. The Morgan fingerprint density at radius 3 is 2.71 bits per heavy atom. The molecule has 1 amide bonds. The van der Waals surface area contributed by atoms with Crippen LogP contribution in [0.2, 0.25) is 0 Å². The zero-order valence-corrected chi connectivity index (χ0v) is 14.2. The van der Waals surface area contributed by atoms with Crippen molar-refractivity contribution in [3.05, 3.63) is 47.0 Å². The highest BCUT2D eigenvalue weighted by Crippen LogP contribution is 2.34. The summed E-state index contributed by atoms with van der Waals surface area (Å²) in [5, 5.41) is 2.40. The first-order valence-corrected chi connectivity index (χ1v) is 9.04. The van der Waals surface area contributed by atoms with Crippen LogP contribution in [0.1, 0.15) is 47.7 Å². The molecule has 1 aliphatic carbocycles. The molecule has 2 aromatic rings. The molecule has 0 spiro atoms. The Hall–Kier alpha value is -2.16. The molecule has 2 aromatic carbocycles. The number of nitrogens with zero attached hydrogens (tertiary/aromatic N) is 1. The van der Waals surface area contributed by atoms with Crippen LogP contribution in [0, 0.1) is 5.92 Å². The van der Waals surface area contributed by atoms with Gasteiger partial charge in [-0.2, -0.15) is 0 Å². The Bertz CT molecular complexity index is 814. The summed E-state index contributed by atoms with van der Waals surface area (Å²) in [6.45, 7) is 3.26. The molecule has 0 radical (unpaired) electrons. The highest BCUT2D eigenvalue weighted by molar-refractivity contribution is 6.11. The number of carbonyl (C=O) groups is 2. The molecule has 3 heteroatoms. The number of piperidine rings is 1. The molecule has 0 saturated carbocycles. The van der Waals surface area contributed by atoms with Crippen molar-refractivity contribution in [3.63, 3.8) is 0 Å². The molecular formula is C21H23NO2. The van der Waals surface area contributed by atoms with Crippen LogP contribution >= 0.6 is 0 Å². The third kappa shape index (κ3) is 2.43. The fourth-order valence-electron chi connectivity index (χ4n) is 4.32. The van der Waals surface area contributed by atoms with E-state index in [4.69, 9.17) is 0 Å². The first-order valence-electron chi connectivity index (χ1n) is 9.04. The quantitative estimate of drug-likeness (QED) is 0.807. The van der Waals surface area contributed by atoms with E-state index < -0.39 is 0 Å². The van der Waals surface area contributed by atoms with Crippen molar-refractivity contribution in [2.45, 2.75) is 39.0 Å². The van der Waals surface area contributed by atoms with Gasteiger partial charge < -0.3 is 4.90 Å². The summed E-state index contributed by atoms with van der Waals surface area (Å²) >= 11 is 0. The Labute approximate surface area is 142 Å². The molecule has 0 bridgehead atoms. The number of carbonyl (C=O) groups excluding carboxylic acids is 2. The van der Waals surface area contributed by atoms with Crippen molar-refractivity contribution < 1.29 is 9.59 Å². The van der Waals surface area contributed by atoms with Gasteiger partial charge in [-0.25, -0.2) is 0 Å². The standard InChI is InChI=1S/C21H23NO2/c1-2-19(23)22-12-4-6-16(13-22)21(24)18-11-10-15-9-8-14-5-3-7-17(18)20(14)15/h3,5,7,10-11,16H,2,4,6,8-9,12-13H2,1H3/t16-/m1/s1. The van der Waals surface area contributed by atoms with Crippen LogP contribution in [-0.4, -0.2) is 29.7 Å². The fraction of sp³-hybridized carbons (Fsp3) is 0.429. The lowest BCUT2D eigenvalue weighted by Crippen LogP contribution is -2.42. The third-order valence-electron chi connectivity index (χ3n) is 5.59. The minimum Gasteiger partial charge on any atom is -0.342 e. The van der Waals surface area contributed by atoms with Gasteiger partial charge in [-0.3, -0.25) is 9.59 Å². The SMILES string of the molecule is CCC(=O)N1CCC[C@@H](C(=O)c2ccc3c4c(cccc24)CC3)C1. The maximum Gasteiger partial charge on any atom is 0.222 e. The molecule has 1 saturated heterocycles. The molecule has 1 atom stereocenters. The van der Waals surface area contributed by atoms with Crippen molar-refractivity contribution in [1.82, 2.24) is 4.90 Å². The van der Waals surface area contributed by atoms with Gasteiger partial charge in [-0.1, -0.05) is 37.3 Å². The lowest BCUT2D eigenvalue weighted by atomic mass is 9.87. The molecule has 3 nitrogen and oxygen atoms in total. The second-order valence-corrected chi connectivity index (χ2v) is 7.01. The van der Waals surface area contributed by atoms with Crippen LogP contribution in [0.15, 0.2) is 30.3 Å². The number of amides is 1. The van der Waals surface area contributed by atoms with Gasteiger partial charge in [0.05, 0.1) is 0 Å². The van der Waals surface area contributed by atoms with Gasteiger partial charge in [0.15, 0.2) is 5.78 Å². The number of likely N-dealkylation sites (tertiary alicyclic amines) is 1. The molecule has 124 valence electrons. The zero-order chi connectivity index (χ0) is 16.7. The van der Waals surface area contributed by atoms with Crippen LogP contribution in [0.4, 0.5) is 0 Å². The van der Waals surface area contributed by atoms with Crippen LogP contribution in [0.25, 0.3) is 10.8 Å². The summed E-state index contributed by atoms with van der Waals surface area (Å²) in [4.78, 5) is 27.0. The summed E-state index contributed by atoms with van der Waals surface area (Å²) in [7, 11) is 0. The Morgan fingerprint density at radius 2 is 1.92 bits per heavy atom. The van der Waals surface area contributed by atoms with Crippen molar-refractivity contribution in [3.8, 4) is 0 Å². The molecule has 2 aliphatic rings. The molecule has 24 heavy (non-hydrogen) atoms. The number of hydrogen-bond donors (Lipinski definition) is 0. The van der Waals surface area contributed by atoms with E-state index in [0.717, 1.165) is 43.2 Å². The number of benzene rings is 2. The van der Waals surface area contributed by atoms with Gasteiger partial charge in [-0.05, 0) is 47.6 Å². The van der Waals surface area contributed by atoms with E-state index in [-0.39, 0.29) is 17.6 Å². The molecule has 1 aliphatic heterocycles. The van der Waals surface area contributed by atoms with Gasteiger partial charge in [0.25, 0.3) is 0 Å². The van der Waals surface area contributed by atoms with E-state index in [1.165, 1.54) is 16.5 Å². The lowest BCUT2D eigenvalue weighted by molar-refractivity contribution is -0.132. The van der Waals surface area contributed by atoms with E-state index in [1.807, 2.05) is 17.9 Å². The zero-order valence-electron chi connectivity index (χ0n) is 14.2. The van der Waals surface area contributed by atoms with Gasteiger partial charge in [0, 0.05) is 31.0 Å². The average Bonchev–Trinajstić information content (AvgIpc) is 3.06. The second-order valence-electron chi connectivity index (χ2n) is 7.01. The third-order valence-corrected chi connectivity index (χ3v) is 5.59. The van der Waals surface area contributed by atoms with Crippen molar-refractivity contribution in [2.24, 2.45) is 5.92 Å². The summed E-state index contributed by atoms with van der Waals surface area (Å²) in [6.07, 6.45) is 4.47. The Kier molecular flexibility index (Phi) is 3.87. The number of rotatable bonds is 3. The highest BCUT2D eigenvalue weighted by atomic mass is 16.2. The maximum absolute atomic E-state index is 13.2. The highest BCUT2D eigenvalue weighted by Gasteiger charge is 2.30. The van der Waals surface area contributed by atoms with Crippen molar-refractivity contribution in [2.75, 3.05) is 13.1 Å². The van der Waals surface area contributed by atoms with Crippen molar-refractivity contribution in [1.29, 1.82) is 0 Å². The van der Waals surface area contributed by atoms with E-state index >= 15 is 0 Å². The van der Waals surface area contributed by atoms with E-state index in [2.05, 4.69) is 24.3 Å². The second kappa shape index (κ2) is 6.04. The number of ketones is 1. The summed E-state index contributed by atoms with van der Waals surface area (Å²) in [5.74, 6) is 0.305. The predicted molar refractivity (Wildman–Crippen MR) is 95.3 cm³/mol. The van der Waals surface area contributed by atoms with Crippen LogP contribution in [0.3, 0.4) is 0 Å². The first-order chi connectivity index (χ1) is 11.7. The van der Waals surface area contributed by atoms with Gasteiger partial charge >= 0.3 is 0 Å². The molecule has 1 fully saturated rings. The van der Waals surface area contributed by atoms with E-state index in [9.17, 15) is 9.59 Å². The van der Waals surface area contributed by atoms with Gasteiger partial charge in [-0.15, -0.1) is 0 Å². The Balaban J connectivity index is 1.68. The molecular weight excluding hydrogens is 298 g/mol. The minimum atomic E-state index is -0.0623. The summed E-state index contributed by atoms with van der Waals surface area (Å²) in [5.41, 5.74) is 3.57. The average molecular weight is 321 g/mol. The topological polar surface area (TPSA) is 37.4 Å².